The van der Waals surface area contributed by atoms with Gasteiger partial charge >= 0.3 is 0 Å². The first-order valence-corrected chi connectivity index (χ1v) is 13.8. The Balaban J connectivity index is 1.51. The zero-order valence-corrected chi connectivity index (χ0v) is 22.5. The van der Waals surface area contributed by atoms with E-state index in [4.69, 9.17) is 4.98 Å². The number of hydrogen-bond acceptors (Lipinski definition) is 5. The van der Waals surface area contributed by atoms with E-state index in [1.807, 2.05) is 55.5 Å². The SMILES string of the molecule is CCCCCNC(=O)c1ccc(Cn2c(SCC(=O)Nc3ccc(C)cc3)nc3ccccc3c2=O)cc1. The number of thioether (sulfide) groups is 1. The second-order valence-electron chi connectivity index (χ2n) is 9.17. The molecule has 0 bridgehead atoms. The summed E-state index contributed by atoms with van der Waals surface area (Å²) in [6.45, 7) is 5.05. The molecule has 3 aromatic carbocycles. The van der Waals surface area contributed by atoms with Gasteiger partial charge in [-0.3, -0.25) is 19.0 Å². The highest BCUT2D eigenvalue weighted by Crippen LogP contribution is 2.20. The summed E-state index contributed by atoms with van der Waals surface area (Å²) < 4.78 is 1.59. The standard InChI is InChI=1S/C30H32N4O3S/c1-3-4-7-18-31-28(36)23-14-12-22(13-15-23)19-34-29(37)25-8-5-6-9-26(25)33-30(34)38-20-27(35)32-24-16-10-21(2)11-17-24/h5-6,8-17H,3-4,7,18-20H2,1-2H3,(H,31,36)(H,32,35). The Morgan fingerprint density at radius 2 is 1.68 bits per heavy atom. The Labute approximate surface area is 226 Å². The van der Waals surface area contributed by atoms with Crippen molar-refractivity contribution in [2.45, 2.75) is 44.8 Å². The Hall–Kier alpha value is -3.91. The maximum absolute atomic E-state index is 13.4. The van der Waals surface area contributed by atoms with Crippen LogP contribution in [0, 0.1) is 6.92 Å². The number of nitrogens with one attached hydrogen (secondary N) is 2. The van der Waals surface area contributed by atoms with E-state index in [1.54, 1.807) is 28.8 Å². The summed E-state index contributed by atoms with van der Waals surface area (Å²) in [7, 11) is 0. The second-order valence-corrected chi connectivity index (χ2v) is 10.1. The van der Waals surface area contributed by atoms with Gasteiger partial charge in [-0.05, 0) is 55.3 Å². The van der Waals surface area contributed by atoms with Crippen molar-refractivity contribution in [2.24, 2.45) is 0 Å². The van der Waals surface area contributed by atoms with E-state index >= 15 is 0 Å². The zero-order valence-electron chi connectivity index (χ0n) is 21.7. The fourth-order valence-electron chi connectivity index (χ4n) is 3.98. The Morgan fingerprint density at radius 1 is 0.947 bits per heavy atom. The van der Waals surface area contributed by atoms with E-state index in [1.165, 1.54) is 11.8 Å². The molecule has 38 heavy (non-hydrogen) atoms. The van der Waals surface area contributed by atoms with Gasteiger partial charge in [0.05, 0.1) is 23.2 Å². The molecule has 8 heteroatoms. The molecule has 0 saturated heterocycles. The lowest BCUT2D eigenvalue weighted by atomic mass is 10.1. The van der Waals surface area contributed by atoms with Crippen molar-refractivity contribution in [1.29, 1.82) is 0 Å². The van der Waals surface area contributed by atoms with Crippen molar-refractivity contribution >= 4 is 40.2 Å². The predicted octanol–water partition coefficient (Wildman–Crippen LogP) is 5.40. The number of aryl methyl sites for hydroxylation is 1. The number of hydrogen-bond donors (Lipinski definition) is 2. The summed E-state index contributed by atoms with van der Waals surface area (Å²) in [6.07, 6.45) is 3.15. The highest BCUT2D eigenvalue weighted by molar-refractivity contribution is 7.99. The molecule has 1 heterocycles. The molecular formula is C30H32N4O3S. The van der Waals surface area contributed by atoms with Crippen LogP contribution < -0.4 is 16.2 Å². The van der Waals surface area contributed by atoms with Gasteiger partial charge in [0.1, 0.15) is 0 Å². The van der Waals surface area contributed by atoms with Crippen molar-refractivity contribution in [3.63, 3.8) is 0 Å². The minimum absolute atomic E-state index is 0.104. The lowest BCUT2D eigenvalue weighted by Gasteiger charge is -2.14. The first kappa shape index (κ1) is 27.1. The number of carbonyl (C=O) groups is 2. The molecule has 0 saturated carbocycles. The van der Waals surface area contributed by atoms with E-state index in [2.05, 4.69) is 17.6 Å². The Morgan fingerprint density at radius 3 is 2.42 bits per heavy atom. The van der Waals surface area contributed by atoms with Gasteiger partial charge in [-0.1, -0.05) is 73.5 Å². The molecule has 0 spiro atoms. The monoisotopic (exact) mass is 528 g/mol. The molecule has 2 amide bonds. The third-order valence-electron chi connectivity index (χ3n) is 6.12. The molecular weight excluding hydrogens is 496 g/mol. The fraction of sp³-hybridized carbons (Fsp3) is 0.267. The minimum Gasteiger partial charge on any atom is -0.352 e. The van der Waals surface area contributed by atoms with Crippen LogP contribution >= 0.6 is 11.8 Å². The van der Waals surface area contributed by atoms with Crippen LogP contribution in [0.2, 0.25) is 0 Å². The number of benzene rings is 3. The van der Waals surface area contributed by atoms with Gasteiger partial charge in [0.25, 0.3) is 11.5 Å². The minimum atomic E-state index is -0.179. The number of para-hydroxylation sites is 1. The van der Waals surface area contributed by atoms with Crippen LogP contribution in [-0.4, -0.2) is 33.7 Å². The van der Waals surface area contributed by atoms with E-state index in [-0.39, 0.29) is 29.7 Å². The largest absolute Gasteiger partial charge is 0.352 e. The molecule has 0 atom stereocenters. The lowest BCUT2D eigenvalue weighted by molar-refractivity contribution is -0.113. The van der Waals surface area contributed by atoms with Gasteiger partial charge in [-0.2, -0.15) is 0 Å². The average molecular weight is 529 g/mol. The van der Waals surface area contributed by atoms with Crippen LogP contribution in [0.5, 0.6) is 0 Å². The molecule has 7 nitrogen and oxygen atoms in total. The third kappa shape index (κ3) is 7.10. The topological polar surface area (TPSA) is 93.1 Å². The summed E-state index contributed by atoms with van der Waals surface area (Å²) in [6, 6.07) is 22.0. The summed E-state index contributed by atoms with van der Waals surface area (Å²) in [5.74, 6) is -0.175. The van der Waals surface area contributed by atoms with Crippen LogP contribution in [0.25, 0.3) is 10.9 Å². The number of nitrogens with zero attached hydrogens (tertiary/aromatic N) is 2. The summed E-state index contributed by atoms with van der Waals surface area (Å²) >= 11 is 1.22. The quantitative estimate of drug-likeness (QED) is 0.154. The van der Waals surface area contributed by atoms with E-state index in [0.717, 1.165) is 36.1 Å². The molecule has 4 aromatic rings. The first-order chi connectivity index (χ1) is 18.4. The van der Waals surface area contributed by atoms with Crippen molar-refractivity contribution in [2.75, 3.05) is 17.6 Å². The van der Waals surface area contributed by atoms with Gasteiger partial charge in [0.2, 0.25) is 5.91 Å². The molecule has 2 N–H and O–H groups in total. The molecule has 0 fully saturated rings. The molecule has 4 rings (SSSR count). The second kappa shape index (κ2) is 13.1. The highest BCUT2D eigenvalue weighted by Gasteiger charge is 2.14. The van der Waals surface area contributed by atoms with Crippen molar-refractivity contribution in [1.82, 2.24) is 14.9 Å². The van der Waals surface area contributed by atoms with Gasteiger partial charge in [-0.25, -0.2) is 4.98 Å². The summed E-state index contributed by atoms with van der Waals surface area (Å²) in [5, 5.41) is 6.81. The van der Waals surface area contributed by atoms with Gasteiger partial charge in [-0.15, -0.1) is 0 Å². The number of unbranched alkanes of at least 4 members (excludes halogenated alkanes) is 2. The molecule has 0 radical (unpaired) electrons. The van der Waals surface area contributed by atoms with Gasteiger partial charge in [0, 0.05) is 17.8 Å². The average Bonchev–Trinajstić information content (AvgIpc) is 2.93. The van der Waals surface area contributed by atoms with Crippen LogP contribution in [0.15, 0.2) is 82.7 Å². The third-order valence-corrected chi connectivity index (χ3v) is 7.09. The van der Waals surface area contributed by atoms with E-state index in [9.17, 15) is 14.4 Å². The van der Waals surface area contributed by atoms with Crippen molar-refractivity contribution in [3.05, 3.63) is 99.8 Å². The Bertz CT molecular complexity index is 1460. The number of aromatic nitrogens is 2. The first-order valence-electron chi connectivity index (χ1n) is 12.8. The van der Waals surface area contributed by atoms with Gasteiger partial charge in [0.15, 0.2) is 5.16 Å². The number of amides is 2. The molecule has 0 unspecified atom stereocenters. The van der Waals surface area contributed by atoms with Crippen LogP contribution in [0.4, 0.5) is 5.69 Å². The smallest absolute Gasteiger partial charge is 0.262 e. The van der Waals surface area contributed by atoms with Crippen LogP contribution in [0.1, 0.15) is 47.7 Å². The van der Waals surface area contributed by atoms with Crippen molar-refractivity contribution < 1.29 is 9.59 Å². The molecule has 0 aliphatic rings. The number of carbonyl (C=O) groups excluding carboxylic acids is 2. The predicted molar refractivity (Wildman–Crippen MR) is 154 cm³/mol. The summed E-state index contributed by atoms with van der Waals surface area (Å²) in [4.78, 5) is 43.1. The van der Waals surface area contributed by atoms with Crippen molar-refractivity contribution in [3.8, 4) is 0 Å². The number of anilines is 1. The van der Waals surface area contributed by atoms with E-state index in [0.29, 0.717) is 28.2 Å². The van der Waals surface area contributed by atoms with Crippen LogP contribution in [-0.2, 0) is 11.3 Å². The zero-order chi connectivity index (χ0) is 26.9. The lowest BCUT2D eigenvalue weighted by Crippen LogP contribution is -2.25. The molecule has 196 valence electrons. The fourth-order valence-corrected chi connectivity index (χ4v) is 4.78. The summed E-state index contributed by atoms with van der Waals surface area (Å²) in [5.41, 5.74) is 3.69. The van der Waals surface area contributed by atoms with Crippen LogP contribution in [0.3, 0.4) is 0 Å². The maximum atomic E-state index is 13.4. The van der Waals surface area contributed by atoms with E-state index < -0.39 is 0 Å². The Kier molecular flexibility index (Phi) is 9.32. The highest BCUT2D eigenvalue weighted by atomic mass is 32.2. The normalized spacial score (nSPS) is 10.9. The number of rotatable bonds is 11. The molecule has 0 aliphatic carbocycles. The molecule has 0 aliphatic heterocycles. The molecule has 1 aromatic heterocycles. The maximum Gasteiger partial charge on any atom is 0.262 e. The number of fused-ring (bicyclic) bond motifs is 1. The van der Waals surface area contributed by atoms with Gasteiger partial charge < -0.3 is 10.6 Å².